The fourth-order valence-electron chi connectivity index (χ4n) is 2.18. The second-order valence-corrected chi connectivity index (χ2v) is 5.38. The first-order chi connectivity index (χ1) is 11.7. The Balaban J connectivity index is 2.51. The molecule has 6 heteroatoms. The molecule has 0 bridgehead atoms. The predicted molar refractivity (Wildman–Crippen MR) is 95.7 cm³/mol. The number of rotatable bonds is 11. The summed E-state index contributed by atoms with van der Waals surface area (Å²) >= 11 is 0. The molecule has 0 atom stereocenters. The van der Waals surface area contributed by atoms with Crippen molar-refractivity contribution in [2.24, 2.45) is 4.99 Å². The zero-order valence-corrected chi connectivity index (χ0v) is 15.0. The largest absolute Gasteiger partial charge is 0.382 e. The van der Waals surface area contributed by atoms with Crippen molar-refractivity contribution >= 4 is 5.96 Å². The molecule has 0 aliphatic heterocycles. The van der Waals surface area contributed by atoms with Gasteiger partial charge in [-0.15, -0.1) is 0 Å². The maximum atomic E-state index is 13.6. The van der Waals surface area contributed by atoms with Crippen LogP contribution in [-0.2, 0) is 22.6 Å². The van der Waals surface area contributed by atoms with Crippen molar-refractivity contribution in [1.29, 1.82) is 0 Å². The maximum absolute atomic E-state index is 13.6. The van der Waals surface area contributed by atoms with Crippen LogP contribution in [0.25, 0.3) is 0 Å². The van der Waals surface area contributed by atoms with Crippen LogP contribution in [0.4, 0.5) is 4.39 Å². The molecular weight excluding hydrogens is 309 g/mol. The number of hydrogen-bond donors (Lipinski definition) is 2. The first-order valence-electron chi connectivity index (χ1n) is 8.57. The third kappa shape index (κ3) is 8.26. The lowest BCUT2D eigenvalue weighted by atomic mass is 10.1. The minimum absolute atomic E-state index is 0.246. The lowest BCUT2D eigenvalue weighted by Gasteiger charge is -2.11. The number of unbranched alkanes of at least 4 members (excludes halogenated alkanes) is 1. The number of ether oxygens (including phenoxy) is 2. The van der Waals surface area contributed by atoms with E-state index in [1.54, 1.807) is 19.2 Å². The molecule has 0 amide bonds. The van der Waals surface area contributed by atoms with Crippen LogP contribution in [0.5, 0.6) is 0 Å². The summed E-state index contributed by atoms with van der Waals surface area (Å²) in [7, 11) is 1.56. The molecule has 0 saturated heterocycles. The lowest BCUT2D eigenvalue weighted by molar-refractivity contribution is 0.143. The van der Waals surface area contributed by atoms with E-state index < -0.39 is 0 Å². The Hall–Kier alpha value is -1.66. The van der Waals surface area contributed by atoms with Crippen LogP contribution in [-0.4, -0.2) is 39.4 Å². The highest BCUT2D eigenvalue weighted by Gasteiger charge is 2.04. The zero-order chi connectivity index (χ0) is 17.6. The standard InChI is InChI=1S/C18H30FN3O2/c1-4-20-18(21-10-6-7-11-24-5-2)22-13-15-8-9-17(19)16(12-15)14-23-3/h8-9,12H,4-7,10-11,13-14H2,1-3H3,(H2,20,21,22). The van der Waals surface area contributed by atoms with Crippen molar-refractivity contribution in [2.75, 3.05) is 33.4 Å². The molecule has 0 radical (unpaired) electrons. The Morgan fingerprint density at radius 1 is 1.21 bits per heavy atom. The highest BCUT2D eigenvalue weighted by atomic mass is 19.1. The molecule has 0 aliphatic carbocycles. The van der Waals surface area contributed by atoms with Crippen LogP contribution in [0.15, 0.2) is 23.2 Å². The van der Waals surface area contributed by atoms with Gasteiger partial charge in [-0.1, -0.05) is 6.07 Å². The monoisotopic (exact) mass is 339 g/mol. The quantitative estimate of drug-likeness (QED) is 0.370. The van der Waals surface area contributed by atoms with E-state index in [-0.39, 0.29) is 12.4 Å². The third-order valence-corrected chi connectivity index (χ3v) is 3.39. The molecule has 1 aromatic carbocycles. The summed E-state index contributed by atoms with van der Waals surface area (Å²) in [4.78, 5) is 4.55. The second-order valence-electron chi connectivity index (χ2n) is 5.38. The van der Waals surface area contributed by atoms with Gasteiger partial charge in [-0.05, 0) is 44.4 Å². The SMILES string of the molecule is CCNC(=NCc1ccc(F)c(COC)c1)NCCCCOCC. The summed E-state index contributed by atoms with van der Waals surface area (Å²) in [5.74, 6) is 0.524. The average Bonchev–Trinajstić information content (AvgIpc) is 2.58. The van der Waals surface area contributed by atoms with Gasteiger partial charge in [-0.2, -0.15) is 0 Å². The molecule has 2 N–H and O–H groups in total. The summed E-state index contributed by atoms with van der Waals surface area (Å²) in [5, 5.41) is 6.52. The zero-order valence-electron chi connectivity index (χ0n) is 15.0. The van der Waals surface area contributed by atoms with Crippen molar-refractivity contribution in [3.63, 3.8) is 0 Å². The molecule has 0 spiro atoms. The summed E-state index contributed by atoms with van der Waals surface area (Å²) in [6.45, 7) is 7.99. The number of guanidine groups is 1. The van der Waals surface area contributed by atoms with Crippen LogP contribution < -0.4 is 10.6 Å². The van der Waals surface area contributed by atoms with Gasteiger partial charge in [-0.25, -0.2) is 9.38 Å². The Kier molecular flexibility index (Phi) is 10.8. The molecule has 0 unspecified atom stereocenters. The first-order valence-corrected chi connectivity index (χ1v) is 8.57. The molecule has 5 nitrogen and oxygen atoms in total. The molecule has 0 saturated carbocycles. The van der Waals surface area contributed by atoms with Gasteiger partial charge in [0, 0.05) is 39.0 Å². The van der Waals surface area contributed by atoms with Gasteiger partial charge in [0.05, 0.1) is 13.2 Å². The van der Waals surface area contributed by atoms with Crippen LogP contribution in [0.1, 0.15) is 37.8 Å². The van der Waals surface area contributed by atoms with Crippen molar-refractivity contribution < 1.29 is 13.9 Å². The van der Waals surface area contributed by atoms with Gasteiger partial charge in [0.1, 0.15) is 5.82 Å². The van der Waals surface area contributed by atoms with E-state index in [2.05, 4.69) is 15.6 Å². The Morgan fingerprint density at radius 3 is 2.75 bits per heavy atom. The number of hydrogen-bond acceptors (Lipinski definition) is 3. The van der Waals surface area contributed by atoms with E-state index in [0.29, 0.717) is 12.1 Å². The summed E-state index contributed by atoms with van der Waals surface area (Å²) < 4.78 is 23.9. The number of halogens is 1. The minimum Gasteiger partial charge on any atom is -0.382 e. The van der Waals surface area contributed by atoms with Crippen LogP contribution >= 0.6 is 0 Å². The van der Waals surface area contributed by atoms with E-state index >= 15 is 0 Å². The number of benzene rings is 1. The van der Waals surface area contributed by atoms with Crippen molar-refractivity contribution in [2.45, 2.75) is 39.8 Å². The van der Waals surface area contributed by atoms with Crippen LogP contribution in [0.3, 0.4) is 0 Å². The van der Waals surface area contributed by atoms with E-state index in [9.17, 15) is 4.39 Å². The minimum atomic E-state index is -0.246. The van der Waals surface area contributed by atoms with Crippen molar-refractivity contribution in [3.8, 4) is 0 Å². The molecule has 1 aromatic rings. The Morgan fingerprint density at radius 2 is 2.04 bits per heavy atom. The van der Waals surface area contributed by atoms with Crippen LogP contribution in [0, 0.1) is 5.82 Å². The van der Waals surface area contributed by atoms with E-state index in [1.165, 1.54) is 6.07 Å². The smallest absolute Gasteiger partial charge is 0.191 e. The van der Waals surface area contributed by atoms with Gasteiger partial charge in [0.15, 0.2) is 5.96 Å². The summed E-state index contributed by atoms with van der Waals surface area (Å²) in [5.41, 5.74) is 1.51. The highest BCUT2D eigenvalue weighted by molar-refractivity contribution is 5.79. The fraction of sp³-hybridized carbons (Fsp3) is 0.611. The molecule has 0 aromatic heterocycles. The summed E-state index contributed by atoms with van der Waals surface area (Å²) in [6, 6.07) is 5.02. The topological polar surface area (TPSA) is 54.9 Å². The number of nitrogens with one attached hydrogen (secondary N) is 2. The van der Waals surface area contributed by atoms with Crippen molar-refractivity contribution in [3.05, 3.63) is 35.1 Å². The van der Waals surface area contributed by atoms with Gasteiger partial charge in [0.2, 0.25) is 0 Å². The molecule has 1 rings (SSSR count). The molecule has 24 heavy (non-hydrogen) atoms. The predicted octanol–water partition coefficient (Wildman–Crippen LogP) is 2.84. The van der Waals surface area contributed by atoms with Gasteiger partial charge >= 0.3 is 0 Å². The highest BCUT2D eigenvalue weighted by Crippen LogP contribution is 2.12. The fourth-order valence-corrected chi connectivity index (χ4v) is 2.18. The molecular formula is C18H30FN3O2. The van der Waals surface area contributed by atoms with Crippen molar-refractivity contribution in [1.82, 2.24) is 10.6 Å². The summed E-state index contributed by atoms with van der Waals surface area (Å²) in [6.07, 6.45) is 2.05. The van der Waals surface area contributed by atoms with E-state index in [4.69, 9.17) is 9.47 Å². The number of aliphatic imine (C=N–C) groups is 1. The maximum Gasteiger partial charge on any atom is 0.191 e. The Labute approximate surface area is 144 Å². The Bertz CT molecular complexity index is 495. The van der Waals surface area contributed by atoms with E-state index in [1.807, 2.05) is 13.8 Å². The normalized spacial score (nSPS) is 11.6. The van der Waals surface area contributed by atoms with Crippen LogP contribution in [0.2, 0.25) is 0 Å². The molecule has 136 valence electrons. The number of methoxy groups -OCH3 is 1. The third-order valence-electron chi connectivity index (χ3n) is 3.39. The van der Waals surface area contributed by atoms with E-state index in [0.717, 1.165) is 50.7 Å². The molecule has 0 aliphatic rings. The molecule has 0 fully saturated rings. The average molecular weight is 339 g/mol. The van der Waals surface area contributed by atoms with Gasteiger partial charge in [-0.3, -0.25) is 0 Å². The van der Waals surface area contributed by atoms with Gasteiger partial charge < -0.3 is 20.1 Å². The second kappa shape index (κ2) is 12.7. The molecule has 0 heterocycles. The lowest BCUT2D eigenvalue weighted by Crippen LogP contribution is -2.37. The van der Waals surface area contributed by atoms with Gasteiger partial charge in [0.25, 0.3) is 0 Å². The first kappa shape index (κ1) is 20.4. The number of nitrogens with zero attached hydrogens (tertiary/aromatic N) is 1.